The number of nitrogens with zero attached hydrogens (tertiary/aromatic N) is 1. The lowest BCUT2D eigenvalue weighted by atomic mass is 10.2. The molecule has 0 atom stereocenters. The first kappa shape index (κ1) is 17.1. The second kappa shape index (κ2) is 8.36. The van der Waals surface area contributed by atoms with Gasteiger partial charge in [0.2, 0.25) is 0 Å². The fourth-order valence-corrected chi connectivity index (χ4v) is 2.11. The second-order valence-corrected chi connectivity index (χ2v) is 5.34. The summed E-state index contributed by atoms with van der Waals surface area (Å²) in [6.07, 6.45) is 3.17. The van der Waals surface area contributed by atoms with Crippen LogP contribution in [0.4, 0.5) is 0 Å². The maximum atomic E-state index is 12.0. The van der Waals surface area contributed by atoms with Crippen LogP contribution in [0.3, 0.4) is 0 Å². The second-order valence-electron chi connectivity index (χ2n) is 4.50. The fourth-order valence-electron chi connectivity index (χ4n) is 1.74. The summed E-state index contributed by atoms with van der Waals surface area (Å²) in [7, 11) is 0. The monoisotopic (exact) mass is 348 g/mol. The Kier molecular flexibility index (Phi) is 6.20. The average Bonchev–Trinajstić information content (AvgIpc) is 2.55. The van der Waals surface area contributed by atoms with Crippen LogP contribution in [0, 0.1) is 0 Å². The number of benzene rings is 2. The van der Waals surface area contributed by atoms with Gasteiger partial charge in [0.25, 0.3) is 5.91 Å². The van der Waals surface area contributed by atoms with Crippen molar-refractivity contribution in [1.82, 2.24) is 5.43 Å². The van der Waals surface area contributed by atoms with Crippen LogP contribution in [0.15, 0.2) is 60.2 Å². The molecule has 0 aliphatic rings. The van der Waals surface area contributed by atoms with Crippen LogP contribution in [0.2, 0.25) is 10.0 Å². The van der Waals surface area contributed by atoms with Gasteiger partial charge >= 0.3 is 0 Å². The highest BCUT2D eigenvalue weighted by atomic mass is 35.5. The number of hydrogen-bond donors (Lipinski definition) is 1. The third-order valence-electron chi connectivity index (χ3n) is 2.78. The third-order valence-corrected chi connectivity index (χ3v) is 3.34. The van der Waals surface area contributed by atoms with E-state index in [4.69, 9.17) is 27.9 Å². The quantitative estimate of drug-likeness (QED) is 0.480. The molecule has 0 spiro atoms. The number of hydrazone groups is 1. The largest absolute Gasteiger partial charge is 0.490 e. The van der Waals surface area contributed by atoms with Crippen LogP contribution in [0.1, 0.15) is 15.9 Å². The van der Waals surface area contributed by atoms with Gasteiger partial charge in [0.1, 0.15) is 12.4 Å². The van der Waals surface area contributed by atoms with Gasteiger partial charge in [0.15, 0.2) is 0 Å². The summed E-state index contributed by atoms with van der Waals surface area (Å²) >= 11 is 11.8. The van der Waals surface area contributed by atoms with Crippen molar-refractivity contribution in [3.8, 4) is 5.75 Å². The molecule has 2 aromatic carbocycles. The molecule has 0 unspecified atom stereocenters. The molecule has 118 valence electrons. The molecular formula is C17H14Cl2N2O2. The van der Waals surface area contributed by atoms with E-state index in [-0.39, 0.29) is 5.56 Å². The lowest BCUT2D eigenvalue weighted by Crippen LogP contribution is -2.18. The summed E-state index contributed by atoms with van der Waals surface area (Å²) in [4.78, 5) is 12.0. The predicted molar refractivity (Wildman–Crippen MR) is 93.7 cm³/mol. The van der Waals surface area contributed by atoms with Gasteiger partial charge in [-0.1, -0.05) is 48.0 Å². The molecule has 2 rings (SSSR count). The Morgan fingerprint density at radius 1 is 1.26 bits per heavy atom. The molecule has 0 saturated carbocycles. The molecule has 0 aromatic heterocycles. The Morgan fingerprint density at radius 3 is 2.87 bits per heavy atom. The van der Waals surface area contributed by atoms with Crippen molar-refractivity contribution in [2.45, 2.75) is 0 Å². The molecule has 1 amide bonds. The number of nitrogens with one attached hydrogen (secondary N) is 1. The van der Waals surface area contributed by atoms with Gasteiger partial charge in [-0.3, -0.25) is 4.79 Å². The van der Waals surface area contributed by atoms with E-state index in [2.05, 4.69) is 17.1 Å². The average molecular weight is 349 g/mol. The van der Waals surface area contributed by atoms with Crippen molar-refractivity contribution in [3.63, 3.8) is 0 Å². The van der Waals surface area contributed by atoms with Gasteiger partial charge < -0.3 is 4.74 Å². The molecule has 0 radical (unpaired) electrons. The van der Waals surface area contributed by atoms with Crippen LogP contribution in [-0.4, -0.2) is 18.7 Å². The molecule has 0 aliphatic heterocycles. The highest BCUT2D eigenvalue weighted by molar-refractivity contribution is 6.35. The highest BCUT2D eigenvalue weighted by Gasteiger charge is 2.09. The Hall–Kier alpha value is -2.30. The minimum Gasteiger partial charge on any atom is -0.490 e. The molecule has 1 N–H and O–H groups in total. The number of carbonyl (C=O) groups excluding carboxylic acids is 1. The topological polar surface area (TPSA) is 50.7 Å². The number of ether oxygens (including phenoxy) is 1. The number of carbonyl (C=O) groups is 1. The maximum absolute atomic E-state index is 12.0. The summed E-state index contributed by atoms with van der Waals surface area (Å²) in [6.45, 7) is 4.01. The molecule has 2 aromatic rings. The predicted octanol–water partition coefficient (Wildman–Crippen LogP) is 4.32. The Morgan fingerprint density at radius 2 is 2.09 bits per heavy atom. The van der Waals surface area contributed by atoms with E-state index in [1.165, 1.54) is 12.3 Å². The van der Waals surface area contributed by atoms with Gasteiger partial charge in [-0.05, 0) is 35.9 Å². The summed E-state index contributed by atoms with van der Waals surface area (Å²) in [6, 6.07) is 11.9. The van der Waals surface area contributed by atoms with E-state index in [0.717, 1.165) is 5.56 Å². The van der Waals surface area contributed by atoms with Crippen LogP contribution in [-0.2, 0) is 0 Å². The van der Waals surface area contributed by atoms with E-state index in [1.54, 1.807) is 24.3 Å². The fraction of sp³-hybridized carbons (Fsp3) is 0.0588. The minimum atomic E-state index is -0.437. The molecule has 4 nitrogen and oxygen atoms in total. The molecular weight excluding hydrogens is 335 g/mol. The number of amides is 1. The van der Waals surface area contributed by atoms with Gasteiger partial charge in [0.05, 0.1) is 16.8 Å². The third kappa shape index (κ3) is 5.13. The first-order chi connectivity index (χ1) is 11.1. The van der Waals surface area contributed by atoms with Crippen LogP contribution in [0.5, 0.6) is 5.75 Å². The first-order valence-corrected chi connectivity index (χ1v) is 7.48. The molecule has 0 aliphatic carbocycles. The summed E-state index contributed by atoms with van der Waals surface area (Å²) in [5.74, 6) is 0.255. The summed E-state index contributed by atoms with van der Waals surface area (Å²) in [5.41, 5.74) is 3.45. The maximum Gasteiger partial charge on any atom is 0.272 e. The van der Waals surface area contributed by atoms with Gasteiger partial charge in [-0.25, -0.2) is 5.43 Å². The number of halogens is 2. The molecule has 0 fully saturated rings. The normalized spacial score (nSPS) is 10.5. The number of hydrogen-bond acceptors (Lipinski definition) is 3. The lowest BCUT2D eigenvalue weighted by Gasteiger charge is -2.04. The van der Waals surface area contributed by atoms with Crippen molar-refractivity contribution in [2.24, 2.45) is 5.10 Å². The van der Waals surface area contributed by atoms with Crippen molar-refractivity contribution in [3.05, 3.63) is 76.3 Å². The molecule has 0 bridgehead atoms. The van der Waals surface area contributed by atoms with E-state index in [0.29, 0.717) is 22.4 Å². The summed E-state index contributed by atoms with van der Waals surface area (Å²) < 4.78 is 5.42. The molecule has 23 heavy (non-hydrogen) atoms. The van der Waals surface area contributed by atoms with Crippen LogP contribution >= 0.6 is 23.2 Å². The zero-order chi connectivity index (χ0) is 16.7. The lowest BCUT2D eigenvalue weighted by molar-refractivity contribution is 0.0955. The van der Waals surface area contributed by atoms with E-state index in [1.807, 2.05) is 18.2 Å². The van der Waals surface area contributed by atoms with E-state index < -0.39 is 5.91 Å². The van der Waals surface area contributed by atoms with Gasteiger partial charge in [-0.2, -0.15) is 5.10 Å². The minimum absolute atomic E-state index is 0.263. The van der Waals surface area contributed by atoms with Crippen LogP contribution < -0.4 is 10.2 Å². The smallest absolute Gasteiger partial charge is 0.272 e. The molecule has 6 heteroatoms. The highest BCUT2D eigenvalue weighted by Crippen LogP contribution is 2.20. The van der Waals surface area contributed by atoms with Crippen molar-refractivity contribution >= 4 is 35.3 Å². The Balaban J connectivity index is 2.02. The standard InChI is InChI=1S/C17H14Cl2N2O2/c1-2-8-23-14-5-3-4-12(9-14)11-20-21-17(22)15-10-13(18)6-7-16(15)19/h2-7,9-11H,1,8H2,(H,21,22)/b20-11-. The van der Waals surface area contributed by atoms with Crippen molar-refractivity contribution < 1.29 is 9.53 Å². The Bertz CT molecular complexity index is 745. The SMILES string of the molecule is C=CCOc1cccc(/C=N\NC(=O)c2cc(Cl)ccc2Cl)c1. The Labute approximate surface area is 144 Å². The zero-order valence-corrected chi connectivity index (χ0v) is 13.6. The zero-order valence-electron chi connectivity index (χ0n) is 12.1. The van der Waals surface area contributed by atoms with E-state index in [9.17, 15) is 4.79 Å². The van der Waals surface area contributed by atoms with Crippen molar-refractivity contribution in [1.29, 1.82) is 0 Å². The van der Waals surface area contributed by atoms with Crippen molar-refractivity contribution in [2.75, 3.05) is 6.61 Å². The van der Waals surface area contributed by atoms with Crippen LogP contribution in [0.25, 0.3) is 0 Å². The molecule has 0 saturated heterocycles. The molecule has 0 heterocycles. The van der Waals surface area contributed by atoms with Gasteiger partial charge in [0, 0.05) is 5.02 Å². The number of rotatable bonds is 6. The first-order valence-electron chi connectivity index (χ1n) is 6.72. The van der Waals surface area contributed by atoms with Gasteiger partial charge in [-0.15, -0.1) is 0 Å². The van der Waals surface area contributed by atoms with E-state index >= 15 is 0 Å². The summed E-state index contributed by atoms with van der Waals surface area (Å²) in [5, 5.41) is 4.64.